The first-order chi connectivity index (χ1) is 14.2. The highest BCUT2D eigenvalue weighted by atomic mass is 16.5. The summed E-state index contributed by atoms with van der Waals surface area (Å²) in [6, 6.07) is 5.61. The molecule has 0 amide bonds. The SMILES string of the molecule is COc1cncc(-c2cc(C)c3c(O)n(-c4ccn(CC(C)(C)O)n4)c(C)c3n2)c1. The van der Waals surface area contributed by atoms with Crippen molar-refractivity contribution in [2.45, 2.75) is 39.8 Å². The van der Waals surface area contributed by atoms with E-state index in [1.54, 1.807) is 54.9 Å². The van der Waals surface area contributed by atoms with Gasteiger partial charge in [0.1, 0.15) is 5.75 Å². The minimum absolute atomic E-state index is 0.0938. The molecule has 0 aliphatic carbocycles. The lowest BCUT2D eigenvalue weighted by Gasteiger charge is -2.16. The molecule has 0 saturated carbocycles. The van der Waals surface area contributed by atoms with Gasteiger partial charge in [0.2, 0.25) is 5.88 Å². The van der Waals surface area contributed by atoms with Gasteiger partial charge in [-0.3, -0.25) is 14.2 Å². The Balaban J connectivity index is 1.85. The molecule has 156 valence electrons. The van der Waals surface area contributed by atoms with Gasteiger partial charge in [-0.1, -0.05) is 0 Å². The summed E-state index contributed by atoms with van der Waals surface area (Å²) in [6.07, 6.45) is 5.16. The van der Waals surface area contributed by atoms with Crippen LogP contribution in [0, 0.1) is 13.8 Å². The van der Waals surface area contributed by atoms with Crippen molar-refractivity contribution >= 4 is 10.9 Å². The van der Waals surface area contributed by atoms with Crippen LogP contribution in [0.4, 0.5) is 0 Å². The first-order valence-corrected chi connectivity index (χ1v) is 9.65. The van der Waals surface area contributed by atoms with E-state index >= 15 is 0 Å². The fourth-order valence-electron chi connectivity index (χ4n) is 3.65. The summed E-state index contributed by atoms with van der Waals surface area (Å²) in [6.45, 7) is 7.64. The van der Waals surface area contributed by atoms with E-state index in [4.69, 9.17) is 9.72 Å². The van der Waals surface area contributed by atoms with Crippen LogP contribution >= 0.6 is 0 Å². The molecule has 8 nitrogen and oxygen atoms in total. The Labute approximate surface area is 174 Å². The molecular weight excluding hydrogens is 382 g/mol. The van der Waals surface area contributed by atoms with Crippen molar-refractivity contribution in [3.8, 4) is 28.7 Å². The zero-order valence-electron chi connectivity index (χ0n) is 17.7. The number of ether oxygens (including phenoxy) is 1. The van der Waals surface area contributed by atoms with Crippen molar-refractivity contribution < 1.29 is 14.9 Å². The number of fused-ring (bicyclic) bond motifs is 1. The van der Waals surface area contributed by atoms with Gasteiger partial charge in [0.15, 0.2) is 5.82 Å². The van der Waals surface area contributed by atoms with Crippen LogP contribution in [0.15, 0.2) is 36.8 Å². The van der Waals surface area contributed by atoms with Crippen molar-refractivity contribution in [1.29, 1.82) is 0 Å². The molecule has 8 heteroatoms. The Hall–Kier alpha value is -3.39. The van der Waals surface area contributed by atoms with Gasteiger partial charge in [-0.2, -0.15) is 5.10 Å². The van der Waals surface area contributed by atoms with E-state index in [1.807, 2.05) is 26.0 Å². The smallest absolute Gasteiger partial charge is 0.207 e. The molecule has 4 aromatic heterocycles. The third kappa shape index (κ3) is 3.50. The lowest BCUT2D eigenvalue weighted by atomic mass is 10.1. The molecule has 0 aromatic carbocycles. The van der Waals surface area contributed by atoms with Gasteiger partial charge in [0.05, 0.1) is 47.7 Å². The molecule has 0 spiro atoms. The summed E-state index contributed by atoms with van der Waals surface area (Å²) < 4.78 is 8.61. The third-order valence-corrected chi connectivity index (χ3v) is 4.98. The minimum atomic E-state index is -0.889. The highest BCUT2D eigenvalue weighted by molar-refractivity contribution is 5.93. The van der Waals surface area contributed by atoms with Crippen molar-refractivity contribution in [3.63, 3.8) is 0 Å². The van der Waals surface area contributed by atoms with Crippen LogP contribution in [0.2, 0.25) is 0 Å². The molecule has 4 rings (SSSR count). The maximum absolute atomic E-state index is 11.0. The molecule has 4 heterocycles. The van der Waals surface area contributed by atoms with Crippen molar-refractivity contribution in [2.75, 3.05) is 7.11 Å². The van der Waals surface area contributed by atoms with Crippen LogP contribution in [-0.2, 0) is 6.54 Å². The van der Waals surface area contributed by atoms with Crippen molar-refractivity contribution in [2.24, 2.45) is 0 Å². The topological polar surface area (TPSA) is 98.2 Å². The van der Waals surface area contributed by atoms with Gasteiger partial charge in [0.25, 0.3) is 0 Å². The fraction of sp³-hybridized carbons (Fsp3) is 0.318. The summed E-state index contributed by atoms with van der Waals surface area (Å²) in [5.41, 5.74) is 3.06. The Morgan fingerprint density at radius 1 is 1.17 bits per heavy atom. The quantitative estimate of drug-likeness (QED) is 0.526. The fourth-order valence-corrected chi connectivity index (χ4v) is 3.65. The van der Waals surface area contributed by atoms with Crippen LogP contribution in [0.1, 0.15) is 25.1 Å². The normalized spacial score (nSPS) is 11.9. The Morgan fingerprint density at radius 3 is 2.63 bits per heavy atom. The summed E-state index contributed by atoms with van der Waals surface area (Å²) in [5, 5.41) is 26.2. The molecule has 0 radical (unpaired) electrons. The second-order valence-corrected chi connectivity index (χ2v) is 8.09. The number of hydrogen-bond acceptors (Lipinski definition) is 6. The van der Waals surface area contributed by atoms with Crippen LogP contribution in [-0.4, -0.2) is 47.2 Å². The lowest BCUT2D eigenvalue weighted by molar-refractivity contribution is 0.0577. The van der Waals surface area contributed by atoms with Gasteiger partial charge in [0, 0.05) is 24.0 Å². The highest BCUT2D eigenvalue weighted by Crippen LogP contribution is 2.36. The van der Waals surface area contributed by atoms with E-state index in [2.05, 4.69) is 10.1 Å². The summed E-state index contributed by atoms with van der Waals surface area (Å²) in [7, 11) is 1.60. The molecule has 0 fully saturated rings. The average molecular weight is 407 g/mol. The number of rotatable bonds is 5. The molecule has 0 saturated heterocycles. The number of pyridine rings is 2. The molecule has 0 unspecified atom stereocenters. The van der Waals surface area contributed by atoms with Crippen LogP contribution in [0.5, 0.6) is 11.6 Å². The van der Waals surface area contributed by atoms with Crippen LogP contribution in [0.25, 0.3) is 28.0 Å². The van der Waals surface area contributed by atoms with E-state index in [0.29, 0.717) is 29.0 Å². The summed E-state index contributed by atoms with van der Waals surface area (Å²) >= 11 is 0. The van der Waals surface area contributed by atoms with Gasteiger partial charge in [-0.25, -0.2) is 4.98 Å². The van der Waals surface area contributed by atoms with Crippen LogP contribution < -0.4 is 4.74 Å². The maximum Gasteiger partial charge on any atom is 0.207 e. The van der Waals surface area contributed by atoms with E-state index in [0.717, 1.165) is 22.5 Å². The predicted octanol–water partition coefficient (Wildman–Crippen LogP) is 3.39. The van der Waals surface area contributed by atoms with E-state index in [1.165, 1.54) is 0 Å². The lowest BCUT2D eigenvalue weighted by Crippen LogP contribution is -2.26. The van der Waals surface area contributed by atoms with Crippen molar-refractivity contribution in [1.82, 2.24) is 24.3 Å². The summed E-state index contributed by atoms with van der Waals surface area (Å²) in [4.78, 5) is 9.02. The number of hydrogen-bond donors (Lipinski definition) is 2. The number of methoxy groups -OCH3 is 1. The molecular formula is C22H25N5O3. The molecule has 2 N–H and O–H groups in total. The predicted molar refractivity (Wildman–Crippen MR) is 114 cm³/mol. The third-order valence-electron chi connectivity index (χ3n) is 4.98. The average Bonchev–Trinajstić information content (AvgIpc) is 3.22. The molecule has 0 atom stereocenters. The Kier molecular flexibility index (Phi) is 4.74. The molecule has 30 heavy (non-hydrogen) atoms. The van der Waals surface area contributed by atoms with Gasteiger partial charge >= 0.3 is 0 Å². The van der Waals surface area contributed by atoms with E-state index < -0.39 is 5.60 Å². The number of aromatic nitrogens is 5. The standard InChI is InChI=1S/C22H25N5O3/c1-13-8-17(15-9-16(30-5)11-23-10-15)24-20-14(2)27(21(28)19(13)20)18-6-7-26(25-18)12-22(3,4)29/h6-11,28-29H,12H2,1-5H3. The molecule has 0 aliphatic rings. The number of aliphatic hydroxyl groups is 1. The number of aryl methyl sites for hydroxylation is 2. The second kappa shape index (κ2) is 7.14. The zero-order valence-corrected chi connectivity index (χ0v) is 17.7. The Morgan fingerprint density at radius 2 is 1.93 bits per heavy atom. The van der Waals surface area contributed by atoms with E-state index in [-0.39, 0.29) is 5.88 Å². The molecule has 0 aliphatic heterocycles. The number of aromatic hydroxyl groups is 1. The molecule has 4 aromatic rings. The van der Waals surface area contributed by atoms with Gasteiger partial charge < -0.3 is 14.9 Å². The second-order valence-electron chi connectivity index (χ2n) is 8.09. The summed E-state index contributed by atoms with van der Waals surface area (Å²) in [5.74, 6) is 1.31. The van der Waals surface area contributed by atoms with Gasteiger partial charge in [-0.15, -0.1) is 0 Å². The van der Waals surface area contributed by atoms with Crippen molar-refractivity contribution in [3.05, 3.63) is 48.0 Å². The highest BCUT2D eigenvalue weighted by Gasteiger charge is 2.21. The van der Waals surface area contributed by atoms with Gasteiger partial charge in [-0.05, 0) is 45.4 Å². The zero-order chi connectivity index (χ0) is 21.6. The van der Waals surface area contributed by atoms with E-state index in [9.17, 15) is 10.2 Å². The first kappa shape index (κ1) is 19.9. The monoisotopic (exact) mass is 407 g/mol. The number of nitrogens with zero attached hydrogens (tertiary/aromatic N) is 5. The first-order valence-electron chi connectivity index (χ1n) is 9.65. The van der Waals surface area contributed by atoms with Crippen LogP contribution in [0.3, 0.4) is 0 Å². The minimum Gasteiger partial charge on any atom is -0.495 e. The maximum atomic E-state index is 11.0. The molecule has 0 bridgehead atoms. The largest absolute Gasteiger partial charge is 0.495 e. The Bertz CT molecular complexity index is 1230.